The van der Waals surface area contributed by atoms with E-state index in [1.165, 1.54) is 19.1 Å². The summed E-state index contributed by atoms with van der Waals surface area (Å²) in [5, 5.41) is 14.0. The van der Waals surface area contributed by atoms with Crippen LogP contribution >= 0.6 is 0 Å². The molecule has 11 nitrogen and oxygen atoms in total. The number of ether oxygens (including phenoxy) is 1. The molecule has 3 aromatic rings. The predicted molar refractivity (Wildman–Crippen MR) is 116 cm³/mol. The van der Waals surface area contributed by atoms with Crippen LogP contribution in [0.3, 0.4) is 0 Å². The Hall–Kier alpha value is -4.12. The van der Waals surface area contributed by atoms with Crippen molar-refractivity contribution in [3.05, 3.63) is 63.5 Å². The van der Waals surface area contributed by atoms with Gasteiger partial charge in [0.1, 0.15) is 23.5 Å². The molecule has 2 aliphatic rings. The van der Waals surface area contributed by atoms with Gasteiger partial charge >= 0.3 is 0 Å². The highest BCUT2D eigenvalue weighted by Gasteiger charge is 2.44. The van der Waals surface area contributed by atoms with E-state index in [0.29, 0.717) is 17.8 Å². The number of H-pyrrole nitrogens is 1. The second-order valence-corrected chi connectivity index (χ2v) is 7.96. The normalized spacial score (nSPS) is 18.6. The first-order valence-electron chi connectivity index (χ1n) is 10.4. The lowest BCUT2D eigenvalue weighted by Crippen LogP contribution is -2.45. The Morgan fingerprint density at radius 3 is 2.85 bits per heavy atom. The van der Waals surface area contributed by atoms with Gasteiger partial charge in [0.25, 0.3) is 17.5 Å². The first kappa shape index (κ1) is 20.8. The fraction of sp³-hybridized carbons (Fsp3) is 0.273. The maximum absolute atomic E-state index is 12.9. The van der Waals surface area contributed by atoms with E-state index in [-0.39, 0.29) is 17.2 Å². The zero-order valence-corrected chi connectivity index (χ0v) is 17.5. The van der Waals surface area contributed by atoms with E-state index < -0.39 is 34.4 Å². The Kier molecular flexibility index (Phi) is 4.90. The van der Waals surface area contributed by atoms with Gasteiger partial charge in [-0.05, 0) is 44.0 Å². The zero-order chi connectivity index (χ0) is 23.3. The Morgan fingerprint density at radius 2 is 2.12 bits per heavy atom. The summed E-state index contributed by atoms with van der Waals surface area (Å²) in [4.78, 5) is 57.5. The number of nitrogens with zero attached hydrogens (tertiary/aromatic N) is 3. The second-order valence-electron chi connectivity index (χ2n) is 7.96. The number of benzene rings is 2. The SMILES string of the molecule is CC(C(=O)Nc1ccc2nc(C3CCCO3)[nH]c2c1)N1C(=O)c2cccc([N+](=O)[O-])c2C1=O. The molecule has 33 heavy (non-hydrogen) atoms. The van der Waals surface area contributed by atoms with Gasteiger partial charge in [0.05, 0.1) is 21.5 Å². The Bertz CT molecular complexity index is 1330. The second kappa shape index (κ2) is 7.78. The average molecular weight is 449 g/mol. The van der Waals surface area contributed by atoms with Gasteiger partial charge in [0.15, 0.2) is 0 Å². The molecule has 11 heteroatoms. The van der Waals surface area contributed by atoms with Crippen molar-refractivity contribution in [2.45, 2.75) is 31.9 Å². The molecule has 0 bridgehead atoms. The van der Waals surface area contributed by atoms with Gasteiger partial charge < -0.3 is 15.0 Å². The quantitative estimate of drug-likeness (QED) is 0.346. The molecule has 5 rings (SSSR count). The molecule has 0 spiro atoms. The van der Waals surface area contributed by atoms with Crippen LogP contribution in [0.25, 0.3) is 11.0 Å². The van der Waals surface area contributed by atoms with Crippen molar-refractivity contribution >= 4 is 40.1 Å². The van der Waals surface area contributed by atoms with Crippen LogP contribution in [0.5, 0.6) is 0 Å². The third-order valence-electron chi connectivity index (χ3n) is 5.89. The monoisotopic (exact) mass is 449 g/mol. The predicted octanol–water partition coefficient (Wildman–Crippen LogP) is 2.95. The van der Waals surface area contributed by atoms with E-state index in [1.54, 1.807) is 18.2 Å². The minimum absolute atomic E-state index is 0.0756. The molecule has 3 heterocycles. The van der Waals surface area contributed by atoms with Gasteiger partial charge in [-0.25, -0.2) is 4.98 Å². The molecular formula is C22H19N5O6. The molecule has 0 saturated carbocycles. The topological polar surface area (TPSA) is 148 Å². The van der Waals surface area contributed by atoms with Gasteiger partial charge in [0, 0.05) is 18.4 Å². The van der Waals surface area contributed by atoms with Crippen molar-refractivity contribution in [3.8, 4) is 0 Å². The maximum Gasteiger partial charge on any atom is 0.282 e. The number of nitro benzene ring substituents is 1. The highest BCUT2D eigenvalue weighted by Crippen LogP contribution is 2.32. The van der Waals surface area contributed by atoms with Crippen LogP contribution in [0.15, 0.2) is 36.4 Å². The summed E-state index contributed by atoms with van der Waals surface area (Å²) in [5.74, 6) is -1.49. The fourth-order valence-corrected chi connectivity index (χ4v) is 4.21. The molecule has 2 aliphatic heterocycles. The molecule has 2 N–H and O–H groups in total. The molecule has 2 atom stereocenters. The average Bonchev–Trinajstić information content (AvgIpc) is 3.52. The van der Waals surface area contributed by atoms with E-state index in [2.05, 4.69) is 15.3 Å². The lowest BCUT2D eigenvalue weighted by atomic mass is 10.1. The van der Waals surface area contributed by atoms with Gasteiger partial charge in [0.2, 0.25) is 5.91 Å². The van der Waals surface area contributed by atoms with Crippen molar-refractivity contribution in [2.75, 3.05) is 11.9 Å². The van der Waals surface area contributed by atoms with Gasteiger partial charge in [-0.2, -0.15) is 0 Å². The smallest absolute Gasteiger partial charge is 0.282 e. The standard InChI is InChI=1S/C22H19N5O6/c1-11(26-21(29)13-4-2-5-16(27(31)32)18(13)22(26)30)20(28)23-12-7-8-14-15(10-12)25-19(24-14)17-6-3-9-33-17/h2,4-5,7-8,10-11,17H,3,6,9H2,1H3,(H,23,28)(H,24,25). The molecule has 1 saturated heterocycles. The molecule has 168 valence electrons. The lowest BCUT2D eigenvalue weighted by Gasteiger charge is -2.21. The van der Waals surface area contributed by atoms with Crippen molar-refractivity contribution in [1.29, 1.82) is 0 Å². The molecule has 3 amide bonds. The molecule has 2 unspecified atom stereocenters. The number of imide groups is 1. The Morgan fingerprint density at radius 1 is 1.30 bits per heavy atom. The van der Waals surface area contributed by atoms with E-state index in [9.17, 15) is 24.5 Å². The minimum Gasteiger partial charge on any atom is -0.370 e. The fourth-order valence-electron chi connectivity index (χ4n) is 4.21. The number of imidazole rings is 1. The number of anilines is 1. The number of hydrogen-bond acceptors (Lipinski definition) is 7. The Labute approximate surface area is 186 Å². The molecular weight excluding hydrogens is 430 g/mol. The molecule has 2 aromatic carbocycles. The number of nitrogens with one attached hydrogen (secondary N) is 2. The highest BCUT2D eigenvalue weighted by molar-refractivity contribution is 6.24. The van der Waals surface area contributed by atoms with Crippen LogP contribution in [0, 0.1) is 10.1 Å². The van der Waals surface area contributed by atoms with Crippen LogP contribution < -0.4 is 5.32 Å². The molecule has 0 radical (unpaired) electrons. The van der Waals surface area contributed by atoms with Crippen molar-refractivity contribution in [1.82, 2.24) is 14.9 Å². The number of rotatable bonds is 5. The molecule has 0 aliphatic carbocycles. The van der Waals surface area contributed by atoms with Crippen LogP contribution in [0.1, 0.15) is 52.4 Å². The number of amides is 3. The van der Waals surface area contributed by atoms with Crippen LogP contribution in [-0.2, 0) is 9.53 Å². The summed E-state index contributed by atoms with van der Waals surface area (Å²) in [5.41, 5.74) is 1.03. The largest absolute Gasteiger partial charge is 0.370 e. The number of aromatic amines is 1. The Balaban J connectivity index is 1.36. The summed E-state index contributed by atoms with van der Waals surface area (Å²) >= 11 is 0. The molecule has 1 aromatic heterocycles. The van der Waals surface area contributed by atoms with Crippen LogP contribution in [-0.4, -0.2) is 50.2 Å². The number of fused-ring (bicyclic) bond motifs is 2. The van der Waals surface area contributed by atoms with E-state index in [4.69, 9.17) is 4.74 Å². The summed E-state index contributed by atoms with van der Waals surface area (Å²) in [6.07, 6.45) is 1.79. The minimum atomic E-state index is -1.18. The van der Waals surface area contributed by atoms with Crippen LogP contribution in [0.4, 0.5) is 11.4 Å². The summed E-state index contributed by atoms with van der Waals surface area (Å²) in [6.45, 7) is 2.09. The third-order valence-corrected chi connectivity index (χ3v) is 5.89. The van der Waals surface area contributed by atoms with Gasteiger partial charge in [-0.3, -0.25) is 29.4 Å². The van der Waals surface area contributed by atoms with Crippen molar-refractivity contribution in [3.63, 3.8) is 0 Å². The number of hydrogen-bond donors (Lipinski definition) is 2. The van der Waals surface area contributed by atoms with E-state index >= 15 is 0 Å². The number of aromatic nitrogens is 2. The number of carbonyl (C=O) groups excluding carboxylic acids is 3. The van der Waals surface area contributed by atoms with Crippen molar-refractivity contribution < 1.29 is 24.0 Å². The highest BCUT2D eigenvalue weighted by atomic mass is 16.6. The lowest BCUT2D eigenvalue weighted by molar-refractivity contribution is -0.385. The first-order chi connectivity index (χ1) is 15.8. The number of carbonyl (C=O) groups is 3. The third kappa shape index (κ3) is 3.42. The van der Waals surface area contributed by atoms with Gasteiger partial charge in [-0.15, -0.1) is 0 Å². The summed E-state index contributed by atoms with van der Waals surface area (Å²) in [6, 6.07) is 7.76. The van der Waals surface area contributed by atoms with E-state index in [1.807, 2.05) is 0 Å². The van der Waals surface area contributed by atoms with E-state index in [0.717, 1.165) is 35.1 Å². The van der Waals surface area contributed by atoms with Crippen molar-refractivity contribution in [2.24, 2.45) is 0 Å². The maximum atomic E-state index is 12.9. The first-order valence-corrected chi connectivity index (χ1v) is 10.4. The molecule has 1 fully saturated rings. The summed E-state index contributed by atoms with van der Waals surface area (Å²) < 4.78 is 5.65. The summed E-state index contributed by atoms with van der Waals surface area (Å²) in [7, 11) is 0. The van der Waals surface area contributed by atoms with Gasteiger partial charge in [-0.1, -0.05) is 6.07 Å². The zero-order valence-electron chi connectivity index (χ0n) is 17.5. The number of nitro groups is 1. The van der Waals surface area contributed by atoms with Crippen LogP contribution in [0.2, 0.25) is 0 Å².